The summed E-state index contributed by atoms with van der Waals surface area (Å²) >= 11 is 5.24. The quantitative estimate of drug-likeness (QED) is 0.802. The highest BCUT2D eigenvalue weighted by Gasteiger charge is 2.22. The van der Waals surface area contributed by atoms with Crippen LogP contribution >= 0.6 is 12.2 Å². The summed E-state index contributed by atoms with van der Waals surface area (Å²) in [4.78, 5) is 14.2. The van der Waals surface area contributed by atoms with E-state index in [-0.39, 0.29) is 0 Å². The number of piperidine rings is 2. The molecule has 6 nitrogen and oxygen atoms in total. The molecular formula is C18H30N6S. The van der Waals surface area contributed by atoms with Gasteiger partial charge >= 0.3 is 0 Å². The standard InChI is InChI=1S/C18H30N6S/c1-13-4-8-23(9-5-13)15-12-16(24-10-6-14(2)7-11-24)21-17(20-15)22-18(25)19-3/h12-14H,4-11H2,1-3H3,(H2,19,20,21,22,25). The smallest absolute Gasteiger partial charge is 0.232 e. The van der Waals surface area contributed by atoms with Gasteiger partial charge in [0.15, 0.2) is 5.11 Å². The maximum absolute atomic E-state index is 5.24. The molecule has 0 atom stereocenters. The average Bonchev–Trinajstić information content (AvgIpc) is 2.62. The lowest BCUT2D eigenvalue weighted by Crippen LogP contribution is -2.36. The van der Waals surface area contributed by atoms with Crippen molar-refractivity contribution in [2.75, 3.05) is 48.3 Å². The van der Waals surface area contributed by atoms with E-state index in [1.54, 1.807) is 7.05 Å². The minimum Gasteiger partial charge on any atom is -0.365 e. The molecule has 3 heterocycles. The van der Waals surface area contributed by atoms with Gasteiger partial charge in [-0.25, -0.2) is 0 Å². The number of nitrogens with one attached hydrogen (secondary N) is 2. The van der Waals surface area contributed by atoms with Gasteiger partial charge in [-0.15, -0.1) is 0 Å². The van der Waals surface area contributed by atoms with Gasteiger partial charge in [-0.1, -0.05) is 13.8 Å². The molecule has 0 unspecified atom stereocenters. The van der Waals surface area contributed by atoms with Crippen LogP contribution in [0.25, 0.3) is 0 Å². The Morgan fingerprint density at radius 1 is 0.960 bits per heavy atom. The summed E-state index contributed by atoms with van der Waals surface area (Å²) in [7, 11) is 1.80. The zero-order chi connectivity index (χ0) is 17.8. The van der Waals surface area contributed by atoms with Crippen molar-refractivity contribution in [1.29, 1.82) is 0 Å². The van der Waals surface area contributed by atoms with Gasteiger partial charge in [0.2, 0.25) is 5.95 Å². The Balaban J connectivity index is 1.84. The van der Waals surface area contributed by atoms with Gasteiger partial charge in [-0.2, -0.15) is 9.97 Å². The van der Waals surface area contributed by atoms with Gasteiger partial charge in [0.25, 0.3) is 0 Å². The Hall–Kier alpha value is -1.63. The first-order chi connectivity index (χ1) is 12.0. The van der Waals surface area contributed by atoms with Crippen LogP contribution in [-0.4, -0.2) is 48.3 Å². The summed E-state index contributed by atoms with van der Waals surface area (Å²) in [5.41, 5.74) is 0. The number of nitrogens with zero attached hydrogens (tertiary/aromatic N) is 4. The topological polar surface area (TPSA) is 56.3 Å². The SMILES string of the molecule is CNC(=S)Nc1nc(N2CCC(C)CC2)cc(N2CCC(C)CC2)n1. The Labute approximate surface area is 156 Å². The predicted octanol–water partition coefficient (Wildman–Crippen LogP) is 2.87. The molecule has 25 heavy (non-hydrogen) atoms. The van der Waals surface area contributed by atoms with Crippen LogP contribution in [0.1, 0.15) is 39.5 Å². The predicted molar refractivity (Wildman–Crippen MR) is 109 cm³/mol. The van der Waals surface area contributed by atoms with Crippen molar-refractivity contribution in [2.45, 2.75) is 39.5 Å². The first kappa shape index (κ1) is 18.2. The highest BCUT2D eigenvalue weighted by Crippen LogP contribution is 2.28. The minimum absolute atomic E-state index is 0.544. The van der Waals surface area contributed by atoms with E-state index in [1.165, 1.54) is 25.7 Å². The van der Waals surface area contributed by atoms with Crippen LogP contribution in [0.3, 0.4) is 0 Å². The first-order valence-corrected chi connectivity index (χ1v) is 9.83. The molecule has 138 valence electrons. The highest BCUT2D eigenvalue weighted by molar-refractivity contribution is 7.80. The molecule has 2 aliphatic heterocycles. The van der Waals surface area contributed by atoms with Gasteiger partial charge in [-0.3, -0.25) is 0 Å². The molecule has 2 N–H and O–H groups in total. The van der Waals surface area contributed by atoms with Gasteiger partial charge in [0.1, 0.15) is 11.6 Å². The molecule has 0 aromatic carbocycles. The second-order valence-electron chi connectivity index (χ2n) is 7.45. The van der Waals surface area contributed by atoms with Crippen LogP contribution in [-0.2, 0) is 0 Å². The van der Waals surface area contributed by atoms with Crippen LogP contribution in [0.5, 0.6) is 0 Å². The molecule has 1 aromatic rings. The average molecular weight is 363 g/mol. The van der Waals surface area contributed by atoms with Crippen LogP contribution in [0.2, 0.25) is 0 Å². The number of aromatic nitrogens is 2. The van der Waals surface area contributed by atoms with Crippen molar-refractivity contribution >= 4 is 34.9 Å². The van der Waals surface area contributed by atoms with Crippen LogP contribution < -0.4 is 20.4 Å². The summed E-state index contributed by atoms with van der Waals surface area (Å²) in [5.74, 6) is 4.21. The molecule has 2 fully saturated rings. The zero-order valence-electron chi connectivity index (χ0n) is 15.6. The number of anilines is 3. The molecule has 0 bridgehead atoms. The molecule has 0 aliphatic carbocycles. The Morgan fingerprint density at radius 2 is 1.40 bits per heavy atom. The molecule has 0 spiro atoms. The molecule has 0 radical (unpaired) electrons. The summed E-state index contributed by atoms with van der Waals surface area (Å²) in [6, 6.07) is 2.15. The van der Waals surface area contributed by atoms with E-state index >= 15 is 0 Å². The van der Waals surface area contributed by atoms with E-state index in [2.05, 4.69) is 40.3 Å². The van der Waals surface area contributed by atoms with E-state index in [0.717, 1.165) is 49.7 Å². The minimum atomic E-state index is 0.544. The summed E-state index contributed by atoms with van der Waals surface area (Å²) in [6.07, 6.45) is 4.88. The van der Waals surface area contributed by atoms with E-state index < -0.39 is 0 Å². The molecule has 2 aliphatic rings. The lowest BCUT2D eigenvalue weighted by atomic mass is 9.99. The molecule has 7 heteroatoms. The third kappa shape index (κ3) is 4.71. The first-order valence-electron chi connectivity index (χ1n) is 9.43. The van der Waals surface area contributed by atoms with E-state index in [4.69, 9.17) is 22.2 Å². The molecular weight excluding hydrogens is 332 g/mol. The lowest BCUT2D eigenvalue weighted by molar-refractivity contribution is 0.433. The maximum atomic E-state index is 5.24. The molecule has 1 aromatic heterocycles. The third-order valence-corrected chi connectivity index (χ3v) is 5.67. The number of hydrogen-bond donors (Lipinski definition) is 2. The Bertz CT molecular complexity index is 551. The Morgan fingerprint density at radius 3 is 1.80 bits per heavy atom. The fraction of sp³-hybridized carbons (Fsp3) is 0.722. The summed E-state index contributed by atoms with van der Waals surface area (Å²) < 4.78 is 0. The van der Waals surface area contributed by atoms with Crippen molar-refractivity contribution in [2.24, 2.45) is 11.8 Å². The van der Waals surface area contributed by atoms with Gasteiger partial charge < -0.3 is 20.4 Å². The van der Waals surface area contributed by atoms with Crippen molar-refractivity contribution in [1.82, 2.24) is 15.3 Å². The van der Waals surface area contributed by atoms with Crippen molar-refractivity contribution in [3.8, 4) is 0 Å². The summed E-state index contributed by atoms with van der Waals surface area (Å²) in [6.45, 7) is 8.90. The monoisotopic (exact) mass is 362 g/mol. The summed E-state index contributed by atoms with van der Waals surface area (Å²) in [5, 5.41) is 6.59. The van der Waals surface area contributed by atoms with E-state index in [9.17, 15) is 0 Å². The normalized spacial score (nSPS) is 19.8. The Kier molecular flexibility index (Phi) is 5.93. The number of rotatable bonds is 3. The van der Waals surface area contributed by atoms with Gasteiger partial charge in [0.05, 0.1) is 0 Å². The highest BCUT2D eigenvalue weighted by atomic mass is 32.1. The van der Waals surface area contributed by atoms with Gasteiger partial charge in [0, 0.05) is 39.3 Å². The molecule has 0 saturated carbocycles. The molecule has 0 amide bonds. The maximum Gasteiger partial charge on any atom is 0.232 e. The molecule has 3 rings (SSSR count). The van der Waals surface area contributed by atoms with Crippen LogP contribution in [0.15, 0.2) is 6.07 Å². The van der Waals surface area contributed by atoms with Gasteiger partial charge in [-0.05, 0) is 49.7 Å². The van der Waals surface area contributed by atoms with Crippen molar-refractivity contribution in [3.63, 3.8) is 0 Å². The fourth-order valence-electron chi connectivity index (χ4n) is 3.44. The van der Waals surface area contributed by atoms with Crippen molar-refractivity contribution < 1.29 is 0 Å². The largest absolute Gasteiger partial charge is 0.365 e. The third-order valence-electron chi connectivity index (χ3n) is 5.37. The second-order valence-corrected chi connectivity index (χ2v) is 7.86. The fourth-order valence-corrected chi connectivity index (χ4v) is 3.53. The number of hydrogen-bond acceptors (Lipinski definition) is 5. The van der Waals surface area contributed by atoms with E-state index in [0.29, 0.717) is 11.1 Å². The van der Waals surface area contributed by atoms with E-state index in [1.807, 2.05) is 0 Å². The van der Waals surface area contributed by atoms with Crippen LogP contribution in [0.4, 0.5) is 17.6 Å². The molecule has 2 saturated heterocycles. The zero-order valence-corrected chi connectivity index (χ0v) is 16.4. The second kappa shape index (κ2) is 8.17. The van der Waals surface area contributed by atoms with Crippen molar-refractivity contribution in [3.05, 3.63) is 6.07 Å². The lowest BCUT2D eigenvalue weighted by Gasteiger charge is -2.34. The number of thiocarbonyl (C=S) groups is 1. The van der Waals surface area contributed by atoms with Crippen LogP contribution in [0, 0.1) is 11.8 Å².